The smallest absolute Gasteiger partial charge is 0.364 e. The third-order valence-corrected chi connectivity index (χ3v) is 4.45. The van der Waals surface area contributed by atoms with E-state index in [9.17, 15) is 13.2 Å². The number of allylic oxidation sites excluding steroid dienone is 2. The molecule has 0 bridgehead atoms. The monoisotopic (exact) mass is 288 g/mol. The van der Waals surface area contributed by atoms with Gasteiger partial charge in [0.1, 0.15) is 6.61 Å². The highest BCUT2D eigenvalue weighted by Crippen LogP contribution is 2.36. The van der Waals surface area contributed by atoms with Crippen LogP contribution in [0, 0.1) is 11.8 Å². The van der Waals surface area contributed by atoms with Crippen LogP contribution in [0.15, 0.2) is 23.8 Å². The number of hydrogen-bond donors (Lipinski definition) is 0. The van der Waals surface area contributed by atoms with Crippen molar-refractivity contribution in [2.24, 2.45) is 11.8 Å². The third-order valence-electron chi connectivity index (χ3n) is 4.45. The molecule has 0 heterocycles. The molecular formula is C16H23F3O. The summed E-state index contributed by atoms with van der Waals surface area (Å²) >= 11 is 0. The fraction of sp³-hybridized carbons (Fsp3) is 0.750. The van der Waals surface area contributed by atoms with E-state index >= 15 is 0 Å². The van der Waals surface area contributed by atoms with Gasteiger partial charge < -0.3 is 4.74 Å². The van der Waals surface area contributed by atoms with Crippen molar-refractivity contribution >= 4 is 0 Å². The summed E-state index contributed by atoms with van der Waals surface area (Å²) in [5, 5.41) is 0. The maximum absolute atomic E-state index is 12.1. The first-order valence-corrected chi connectivity index (χ1v) is 7.54. The first-order chi connectivity index (χ1) is 9.48. The summed E-state index contributed by atoms with van der Waals surface area (Å²) in [4.78, 5) is 0. The highest BCUT2D eigenvalue weighted by Gasteiger charge is 2.29. The fourth-order valence-corrected chi connectivity index (χ4v) is 3.15. The SMILES string of the molecule is CCC1CCC(C2=CCC(OCC(F)(F)F)C=C2)CC1. The standard InChI is InChI=1S/C16H23F3O/c1-2-12-3-5-13(6-4-12)14-7-9-15(10-8-14)20-11-16(17,18)19/h7-9,12-13,15H,2-6,10-11H2,1H3. The van der Waals surface area contributed by atoms with Crippen LogP contribution in [0.4, 0.5) is 13.2 Å². The number of rotatable bonds is 4. The van der Waals surface area contributed by atoms with Crippen LogP contribution >= 0.6 is 0 Å². The Hall–Kier alpha value is -0.770. The Balaban J connectivity index is 1.77. The molecule has 2 rings (SSSR count). The minimum absolute atomic E-state index is 0.424. The Kier molecular flexibility index (Phi) is 5.30. The van der Waals surface area contributed by atoms with Crippen LogP contribution in [0.1, 0.15) is 45.4 Å². The van der Waals surface area contributed by atoms with Gasteiger partial charge in [0, 0.05) is 0 Å². The lowest BCUT2D eigenvalue weighted by atomic mass is 9.76. The average Bonchev–Trinajstić information content (AvgIpc) is 2.45. The topological polar surface area (TPSA) is 9.23 Å². The summed E-state index contributed by atoms with van der Waals surface area (Å²) in [6, 6.07) is 0. The molecule has 0 aliphatic heterocycles. The van der Waals surface area contributed by atoms with Gasteiger partial charge in [-0.15, -0.1) is 0 Å². The molecule has 0 aromatic carbocycles. The highest BCUT2D eigenvalue weighted by atomic mass is 19.4. The normalized spacial score (nSPS) is 31.2. The first kappa shape index (κ1) is 15.6. The van der Waals surface area contributed by atoms with Gasteiger partial charge in [-0.1, -0.05) is 31.6 Å². The molecule has 0 saturated heterocycles. The van der Waals surface area contributed by atoms with Crippen LogP contribution in [-0.4, -0.2) is 18.9 Å². The quantitative estimate of drug-likeness (QED) is 0.704. The van der Waals surface area contributed by atoms with Gasteiger partial charge in [0.05, 0.1) is 6.10 Å². The van der Waals surface area contributed by atoms with Crippen LogP contribution in [-0.2, 0) is 4.74 Å². The van der Waals surface area contributed by atoms with Gasteiger partial charge in [-0.2, -0.15) is 13.2 Å². The zero-order valence-electron chi connectivity index (χ0n) is 12.0. The predicted molar refractivity (Wildman–Crippen MR) is 73.4 cm³/mol. The van der Waals surface area contributed by atoms with Crippen molar-refractivity contribution in [1.29, 1.82) is 0 Å². The minimum Gasteiger partial charge on any atom is -0.364 e. The van der Waals surface area contributed by atoms with Crippen molar-refractivity contribution in [3.8, 4) is 0 Å². The highest BCUT2D eigenvalue weighted by molar-refractivity contribution is 5.27. The molecule has 0 aromatic rings. The van der Waals surface area contributed by atoms with E-state index < -0.39 is 18.9 Å². The van der Waals surface area contributed by atoms with E-state index in [0.29, 0.717) is 12.3 Å². The Morgan fingerprint density at radius 3 is 2.40 bits per heavy atom. The van der Waals surface area contributed by atoms with Crippen LogP contribution < -0.4 is 0 Å². The van der Waals surface area contributed by atoms with Crippen molar-refractivity contribution in [3.05, 3.63) is 23.8 Å². The molecule has 1 atom stereocenters. The molecule has 1 nitrogen and oxygen atoms in total. The maximum atomic E-state index is 12.1. The van der Waals surface area contributed by atoms with Crippen molar-refractivity contribution in [1.82, 2.24) is 0 Å². The molecule has 1 saturated carbocycles. The molecule has 0 aromatic heterocycles. The van der Waals surface area contributed by atoms with E-state index in [1.807, 2.05) is 6.08 Å². The molecule has 2 aliphatic rings. The number of halogens is 3. The molecule has 114 valence electrons. The molecule has 0 N–H and O–H groups in total. The maximum Gasteiger partial charge on any atom is 0.411 e. The summed E-state index contributed by atoms with van der Waals surface area (Å²) in [6.45, 7) is 1.08. The minimum atomic E-state index is -4.24. The van der Waals surface area contributed by atoms with Gasteiger partial charge >= 0.3 is 6.18 Å². The largest absolute Gasteiger partial charge is 0.411 e. The summed E-state index contributed by atoms with van der Waals surface area (Å²) in [6.07, 6.45) is 7.96. The summed E-state index contributed by atoms with van der Waals surface area (Å²) in [5.74, 6) is 1.46. The van der Waals surface area contributed by atoms with Crippen LogP contribution in [0.3, 0.4) is 0 Å². The van der Waals surface area contributed by atoms with E-state index in [2.05, 4.69) is 13.0 Å². The second kappa shape index (κ2) is 6.79. The van der Waals surface area contributed by atoms with Gasteiger partial charge in [-0.05, 0) is 49.5 Å². The molecule has 2 aliphatic carbocycles. The number of ether oxygens (including phenoxy) is 1. The second-order valence-corrected chi connectivity index (χ2v) is 5.89. The summed E-state index contributed by atoms with van der Waals surface area (Å²) in [7, 11) is 0. The molecule has 4 heteroatoms. The van der Waals surface area contributed by atoms with Crippen molar-refractivity contribution in [2.45, 2.75) is 57.7 Å². The first-order valence-electron chi connectivity index (χ1n) is 7.54. The third kappa shape index (κ3) is 4.65. The van der Waals surface area contributed by atoms with Gasteiger partial charge in [-0.3, -0.25) is 0 Å². The van der Waals surface area contributed by atoms with Crippen LogP contribution in [0.25, 0.3) is 0 Å². The van der Waals surface area contributed by atoms with Crippen LogP contribution in [0.5, 0.6) is 0 Å². The molecule has 20 heavy (non-hydrogen) atoms. The molecule has 0 spiro atoms. The fourth-order valence-electron chi connectivity index (χ4n) is 3.15. The molecule has 0 radical (unpaired) electrons. The molecule has 1 fully saturated rings. The van der Waals surface area contributed by atoms with Gasteiger partial charge in [0.15, 0.2) is 0 Å². The molecule has 0 amide bonds. The lowest BCUT2D eigenvalue weighted by Gasteiger charge is -2.30. The number of alkyl halides is 3. The van der Waals surface area contributed by atoms with Crippen molar-refractivity contribution < 1.29 is 17.9 Å². The Morgan fingerprint density at radius 2 is 1.90 bits per heavy atom. The summed E-state index contributed by atoms with van der Waals surface area (Å²) < 4.78 is 41.1. The second-order valence-electron chi connectivity index (χ2n) is 5.89. The lowest BCUT2D eigenvalue weighted by molar-refractivity contribution is -0.180. The van der Waals surface area contributed by atoms with E-state index in [-0.39, 0.29) is 0 Å². The van der Waals surface area contributed by atoms with E-state index in [1.54, 1.807) is 6.08 Å². The molecular weight excluding hydrogens is 265 g/mol. The van der Waals surface area contributed by atoms with E-state index in [4.69, 9.17) is 4.74 Å². The van der Waals surface area contributed by atoms with Crippen molar-refractivity contribution in [3.63, 3.8) is 0 Å². The van der Waals surface area contributed by atoms with E-state index in [0.717, 1.165) is 5.92 Å². The number of hydrogen-bond acceptors (Lipinski definition) is 1. The molecule has 1 unspecified atom stereocenters. The van der Waals surface area contributed by atoms with Crippen molar-refractivity contribution in [2.75, 3.05) is 6.61 Å². The van der Waals surface area contributed by atoms with E-state index in [1.165, 1.54) is 37.7 Å². The van der Waals surface area contributed by atoms with Gasteiger partial charge in [0.25, 0.3) is 0 Å². The van der Waals surface area contributed by atoms with Gasteiger partial charge in [-0.25, -0.2) is 0 Å². The predicted octanol–water partition coefficient (Wildman–Crippen LogP) is 5.04. The zero-order valence-corrected chi connectivity index (χ0v) is 12.0. The Bertz CT molecular complexity index is 362. The Labute approximate surface area is 118 Å². The van der Waals surface area contributed by atoms with Gasteiger partial charge in [0.2, 0.25) is 0 Å². The zero-order chi connectivity index (χ0) is 14.6. The van der Waals surface area contributed by atoms with Crippen LogP contribution in [0.2, 0.25) is 0 Å². The lowest BCUT2D eigenvalue weighted by Crippen LogP contribution is -2.23. The Morgan fingerprint density at radius 1 is 1.20 bits per heavy atom. The summed E-state index contributed by atoms with van der Waals surface area (Å²) in [5.41, 5.74) is 1.30. The average molecular weight is 288 g/mol.